The highest BCUT2D eigenvalue weighted by Crippen LogP contribution is 2.24. The van der Waals surface area contributed by atoms with Gasteiger partial charge in [-0.2, -0.15) is 0 Å². The maximum atomic E-state index is 14.2. The molecule has 0 N–H and O–H groups in total. The summed E-state index contributed by atoms with van der Waals surface area (Å²) < 4.78 is 33.6. The third-order valence-corrected chi connectivity index (χ3v) is 6.11. The van der Waals surface area contributed by atoms with Crippen LogP contribution in [0.2, 0.25) is 0 Å². The quantitative estimate of drug-likeness (QED) is 0.289. The van der Waals surface area contributed by atoms with Crippen molar-refractivity contribution in [2.24, 2.45) is 5.92 Å². The second kappa shape index (κ2) is 13.4. The predicted molar refractivity (Wildman–Crippen MR) is 118 cm³/mol. The molecule has 0 spiro atoms. The molecule has 1 aliphatic heterocycles. The van der Waals surface area contributed by atoms with Gasteiger partial charge in [0.1, 0.15) is 17.2 Å². The zero-order chi connectivity index (χ0) is 22.6. The van der Waals surface area contributed by atoms with E-state index in [2.05, 4.69) is 6.92 Å². The highest BCUT2D eigenvalue weighted by molar-refractivity contribution is 5.95. The highest BCUT2D eigenvalue weighted by atomic mass is 19.1. The SMILES string of the molecule is CCCCCCCCCCCOC(=O)C1CCN(C(=O)c2c(F)ccc(C)c2F)CC1. The van der Waals surface area contributed by atoms with Crippen molar-refractivity contribution >= 4 is 11.9 Å². The number of rotatable bonds is 12. The van der Waals surface area contributed by atoms with Crippen molar-refractivity contribution in [2.45, 2.75) is 84.5 Å². The Morgan fingerprint density at radius 3 is 2.16 bits per heavy atom. The van der Waals surface area contributed by atoms with Gasteiger partial charge >= 0.3 is 5.97 Å². The van der Waals surface area contributed by atoms with Gasteiger partial charge in [0, 0.05) is 13.1 Å². The smallest absolute Gasteiger partial charge is 0.309 e. The summed E-state index contributed by atoms with van der Waals surface area (Å²) >= 11 is 0. The summed E-state index contributed by atoms with van der Waals surface area (Å²) in [4.78, 5) is 26.3. The molecule has 0 bridgehead atoms. The van der Waals surface area contributed by atoms with Gasteiger partial charge in [-0.15, -0.1) is 0 Å². The minimum absolute atomic E-state index is 0.223. The van der Waals surface area contributed by atoms with Crippen LogP contribution in [0.3, 0.4) is 0 Å². The van der Waals surface area contributed by atoms with Crippen molar-refractivity contribution in [2.75, 3.05) is 19.7 Å². The Morgan fingerprint density at radius 1 is 0.968 bits per heavy atom. The molecule has 1 heterocycles. The lowest BCUT2D eigenvalue weighted by Gasteiger charge is -2.31. The molecule has 31 heavy (non-hydrogen) atoms. The van der Waals surface area contributed by atoms with Crippen molar-refractivity contribution in [3.05, 3.63) is 34.9 Å². The van der Waals surface area contributed by atoms with Crippen molar-refractivity contribution in [1.82, 2.24) is 4.90 Å². The first-order valence-corrected chi connectivity index (χ1v) is 11.9. The third kappa shape index (κ3) is 7.89. The molecule has 1 aliphatic rings. The minimum Gasteiger partial charge on any atom is -0.465 e. The van der Waals surface area contributed by atoms with E-state index in [9.17, 15) is 18.4 Å². The predicted octanol–water partition coefficient (Wildman–Crippen LogP) is 6.20. The van der Waals surface area contributed by atoms with Crippen LogP contribution in [-0.4, -0.2) is 36.5 Å². The number of hydrogen-bond donors (Lipinski definition) is 0. The molecule has 4 nitrogen and oxygen atoms in total. The lowest BCUT2D eigenvalue weighted by molar-refractivity contribution is -0.150. The van der Waals surface area contributed by atoms with E-state index in [1.165, 1.54) is 62.8 Å². The van der Waals surface area contributed by atoms with E-state index in [1.54, 1.807) is 0 Å². The minimum atomic E-state index is -0.851. The molecule has 174 valence electrons. The van der Waals surface area contributed by atoms with Gasteiger partial charge in [0.05, 0.1) is 12.5 Å². The van der Waals surface area contributed by atoms with Crippen molar-refractivity contribution < 1.29 is 23.1 Å². The molecule has 0 saturated carbocycles. The molecular formula is C25H37F2NO3. The van der Waals surface area contributed by atoms with E-state index < -0.39 is 23.1 Å². The highest BCUT2D eigenvalue weighted by Gasteiger charge is 2.31. The number of benzene rings is 1. The van der Waals surface area contributed by atoms with Gasteiger partial charge in [0.2, 0.25) is 0 Å². The zero-order valence-corrected chi connectivity index (χ0v) is 19.1. The summed E-state index contributed by atoms with van der Waals surface area (Å²) in [6.45, 7) is 4.75. The van der Waals surface area contributed by atoms with E-state index in [0.29, 0.717) is 32.5 Å². The summed E-state index contributed by atoms with van der Waals surface area (Å²) in [6.07, 6.45) is 11.8. The van der Waals surface area contributed by atoms with Gasteiger partial charge in [-0.3, -0.25) is 9.59 Å². The lowest BCUT2D eigenvalue weighted by Crippen LogP contribution is -2.41. The number of carbonyl (C=O) groups is 2. The molecule has 1 fully saturated rings. The van der Waals surface area contributed by atoms with Crippen LogP contribution in [-0.2, 0) is 9.53 Å². The summed E-state index contributed by atoms with van der Waals surface area (Å²) in [5.74, 6) is -2.79. The molecule has 0 radical (unpaired) electrons. The fourth-order valence-corrected chi connectivity index (χ4v) is 4.03. The van der Waals surface area contributed by atoms with E-state index >= 15 is 0 Å². The summed E-state index contributed by atoms with van der Waals surface area (Å²) in [6, 6.07) is 2.43. The van der Waals surface area contributed by atoms with Gasteiger partial charge in [0.25, 0.3) is 5.91 Å². The van der Waals surface area contributed by atoms with Crippen LogP contribution >= 0.6 is 0 Å². The number of amides is 1. The summed E-state index contributed by atoms with van der Waals surface area (Å²) in [7, 11) is 0. The number of carbonyl (C=O) groups excluding carboxylic acids is 2. The standard InChI is InChI=1S/C25H37F2NO3/c1-3-4-5-6-7-8-9-10-11-18-31-25(30)20-14-16-28(17-15-20)24(29)22-21(26)13-12-19(2)23(22)27/h12-13,20H,3-11,14-18H2,1-2H3. The van der Waals surface area contributed by atoms with Gasteiger partial charge in [-0.25, -0.2) is 8.78 Å². The Balaban J connectivity index is 1.63. The molecule has 1 amide bonds. The van der Waals surface area contributed by atoms with Crippen molar-refractivity contribution in [3.63, 3.8) is 0 Å². The normalized spacial score (nSPS) is 14.6. The summed E-state index contributed by atoms with van der Waals surface area (Å²) in [5, 5.41) is 0. The van der Waals surface area contributed by atoms with Gasteiger partial charge in [-0.05, 0) is 37.8 Å². The topological polar surface area (TPSA) is 46.6 Å². The van der Waals surface area contributed by atoms with Crippen LogP contribution in [0.15, 0.2) is 12.1 Å². The number of ether oxygens (including phenoxy) is 1. The average Bonchev–Trinajstić information content (AvgIpc) is 2.77. The van der Waals surface area contributed by atoms with Gasteiger partial charge in [0.15, 0.2) is 0 Å². The molecule has 0 atom stereocenters. The fourth-order valence-electron chi connectivity index (χ4n) is 4.03. The molecule has 1 saturated heterocycles. The van der Waals surface area contributed by atoms with Gasteiger partial charge in [-0.1, -0.05) is 64.4 Å². The van der Waals surface area contributed by atoms with Crippen LogP contribution in [0.1, 0.15) is 93.5 Å². The second-order valence-electron chi connectivity index (χ2n) is 8.62. The van der Waals surface area contributed by atoms with Crippen LogP contribution in [0.4, 0.5) is 8.78 Å². The number of esters is 1. The fraction of sp³-hybridized carbons (Fsp3) is 0.680. The molecule has 1 aromatic rings. The average molecular weight is 438 g/mol. The summed E-state index contributed by atoms with van der Waals surface area (Å²) in [5.41, 5.74) is -0.272. The Hall–Kier alpha value is -1.98. The monoisotopic (exact) mass is 437 g/mol. The first-order valence-electron chi connectivity index (χ1n) is 11.9. The van der Waals surface area contributed by atoms with E-state index in [4.69, 9.17) is 4.74 Å². The first-order chi connectivity index (χ1) is 15.0. The Bertz CT molecular complexity index is 715. The first kappa shape index (κ1) is 25.3. The number of likely N-dealkylation sites (tertiary alicyclic amines) is 1. The molecule has 2 rings (SSSR count). The molecule has 1 aromatic carbocycles. The molecule has 6 heteroatoms. The Labute approximate surface area is 185 Å². The Morgan fingerprint density at radius 2 is 1.55 bits per heavy atom. The van der Waals surface area contributed by atoms with Crippen LogP contribution < -0.4 is 0 Å². The maximum Gasteiger partial charge on any atom is 0.309 e. The second-order valence-corrected chi connectivity index (χ2v) is 8.62. The number of halogens is 2. The number of unbranched alkanes of at least 4 members (excludes halogenated alkanes) is 8. The van der Waals surface area contributed by atoms with Crippen LogP contribution in [0, 0.1) is 24.5 Å². The maximum absolute atomic E-state index is 14.2. The molecular weight excluding hydrogens is 400 g/mol. The number of nitrogens with zero attached hydrogens (tertiary/aromatic N) is 1. The van der Waals surface area contributed by atoms with Gasteiger partial charge < -0.3 is 9.64 Å². The van der Waals surface area contributed by atoms with E-state index in [-0.39, 0.29) is 17.5 Å². The van der Waals surface area contributed by atoms with Crippen molar-refractivity contribution in [1.29, 1.82) is 0 Å². The zero-order valence-electron chi connectivity index (χ0n) is 19.1. The number of piperidine rings is 1. The van der Waals surface area contributed by atoms with E-state index in [0.717, 1.165) is 18.9 Å². The molecule has 0 aliphatic carbocycles. The lowest BCUT2D eigenvalue weighted by atomic mass is 9.96. The number of hydrogen-bond acceptors (Lipinski definition) is 3. The Kier molecular flexibility index (Phi) is 11.0. The van der Waals surface area contributed by atoms with E-state index in [1.807, 2.05) is 0 Å². The van der Waals surface area contributed by atoms with Crippen molar-refractivity contribution in [3.8, 4) is 0 Å². The van der Waals surface area contributed by atoms with Crippen LogP contribution in [0.5, 0.6) is 0 Å². The number of aryl methyl sites for hydroxylation is 1. The largest absolute Gasteiger partial charge is 0.465 e. The van der Waals surface area contributed by atoms with Crippen LogP contribution in [0.25, 0.3) is 0 Å². The third-order valence-electron chi connectivity index (χ3n) is 6.11. The molecule has 0 unspecified atom stereocenters. The molecule has 0 aromatic heterocycles.